The Morgan fingerprint density at radius 1 is 1.35 bits per heavy atom. The first-order valence-electron chi connectivity index (χ1n) is 7.39. The zero-order valence-electron chi connectivity index (χ0n) is 14.1. The molecule has 1 rings (SSSR count). The molecule has 128 valence electrons. The molecular formula is C15H23N3O5. The third kappa shape index (κ3) is 6.50. The van der Waals surface area contributed by atoms with Crippen LogP contribution in [0.4, 0.5) is 10.8 Å². The highest BCUT2D eigenvalue weighted by molar-refractivity contribution is 5.96. The highest BCUT2D eigenvalue weighted by atomic mass is 16.6. The molecule has 0 aromatic carbocycles. The first-order chi connectivity index (χ1) is 10.6. The maximum atomic E-state index is 12.2. The molecule has 0 aliphatic rings. The fraction of sp³-hybridized carbons (Fsp3) is 0.600. The molecule has 1 heterocycles. The smallest absolute Gasteiger partial charge is 0.408 e. The number of nitrogens with one attached hydrogen (secondary N) is 2. The Balaban J connectivity index is 2.69. The zero-order chi connectivity index (χ0) is 17.6. The van der Waals surface area contributed by atoms with Gasteiger partial charge in [0, 0.05) is 6.92 Å². The van der Waals surface area contributed by atoms with Crippen molar-refractivity contribution >= 4 is 23.8 Å². The van der Waals surface area contributed by atoms with Crippen LogP contribution in [0.3, 0.4) is 0 Å². The minimum atomic E-state index is -0.789. The number of oxazole rings is 1. The summed E-state index contributed by atoms with van der Waals surface area (Å²) >= 11 is 0. The van der Waals surface area contributed by atoms with Gasteiger partial charge in [0.1, 0.15) is 11.6 Å². The van der Waals surface area contributed by atoms with Gasteiger partial charge in [0.2, 0.25) is 0 Å². The fourth-order valence-electron chi connectivity index (χ4n) is 1.69. The number of hydrogen-bond acceptors (Lipinski definition) is 6. The quantitative estimate of drug-likeness (QED) is 0.777. The molecule has 0 spiro atoms. The average molecular weight is 325 g/mol. The molecule has 2 amide bonds. The van der Waals surface area contributed by atoms with Crippen molar-refractivity contribution in [2.75, 3.05) is 5.32 Å². The van der Waals surface area contributed by atoms with E-state index >= 15 is 0 Å². The molecule has 1 atom stereocenters. The number of alkyl carbamates (subject to hydrolysis) is 1. The summed E-state index contributed by atoms with van der Waals surface area (Å²) in [5.74, 6) is -0.739. The number of carbonyl (C=O) groups excluding carboxylic acids is 3. The summed E-state index contributed by atoms with van der Waals surface area (Å²) in [6, 6.07) is -0.880. The minimum Gasteiger partial charge on any atom is -0.444 e. The number of ketones is 1. The van der Waals surface area contributed by atoms with Crippen molar-refractivity contribution in [3.63, 3.8) is 0 Å². The van der Waals surface area contributed by atoms with Crippen LogP contribution >= 0.6 is 0 Å². The van der Waals surface area contributed by atoms with Gasteiger partial charge in [-0.3, -0.25) is 14.9 Å². The van der Waals surface area contributed by atoms with Crippen molar-refractivity contribution in [1.82, 2.24) is 10.3 Å². The van der Waals surface area contributed by atoms with E-state index in [1.807, 2.05) is 6.92 Å². The predicted octanol–water partition coefficient (Wildman–Crippen LogP) is 2.51. The van der Waals surface area contributed by atoms with Crippen LogP contribution in [-0.2, 0) is 9.53 Å². The number of nitrogens with zero attached hydrogens (tertiary/aromatic N) is 1. The Bertz CT molecular complexity index is 574. The summed E-state index contributed by atoms with van der Waals surface area (Å²) in [6.07, 6.45) is 1.65. The summed E-state index contributed by atoms with van der Waals surface area (Å²) in [6.45, 7) is 8.42. The van der Waals surface area contributed by atoms with Crippen LogP contribution in [0.25, 0.3) is 0 Å². The number of Topliss-reactive ketones (excluding diaryl/α,β-unsaturated/α-hetero) is 1. The summed E-state index contributed by atoms with van der Waals surface area (Å²) in [7, 11) is 0. The number of amides is 2. The summed E-state index contributed by atoms with van der Waals surface area (Å²) in [4.78, 5) is 38.9. The van der Waals surface area contributed by atoms with E-state index in [-0.39, 0.29) is 17.6 Å². The van der Waals surface area contributed by atoms with Gasteiger partial charge >= 0.3 is 12.1 Å². The first kappa shape index (κ1) is 18.7. The van der Waals surface area contributed by atoms with Crippen LogP contribution in [0.2, 0.25) is 0 Å². The van der Waals surface area contributed by atoms with Gasteiger partial charge in [-0.2, -0.15) is 0 Å². The third-order valence-corrected chi connectivity index (χ3v) is 2.67. The van der Waals surface area contributed by atoms with Crippen LogP contribution < -0.4 is 10.6 Å². The van der Waals surface area contributed by atoms with Gasteiger partial charge in [0.25, 0.3) is 5.91 Å². The monoisotopic (exact) mass is 325 g/mol. The Labute approximate surface area is 135 Å². The van der Waals surface area contributed by atoms with E-state index in [1.54, 1.807) is 20.8 Å². The van der Waals surface area contributed by atoms with Crippen molar-refractivity contribution in [1.29, 1.82) is 0 Å². The highest BCUT2D eigenvalue weighted by Gasteiger charge is 2.24. The lowest BCUT2D eigenvalue weighted by atomic mass is 10.1. The second kappa shape index (κ2) is 7.75. The van der Waals surface area contributed by atoms with E-state index in [2.05, 4.69) is 15.6 Å². The lowest BCUT2D eigenvalue weighted by Crippen LogP contribution is -2.45. The molecule has 0 aliphatic carbocycles. The second-order valence-electron chi connectivity index (χ2n) is 6.06. The van der Waals surface area contributed by atoms with E-state index in [4.69, 9.17) is 9.15 Å². The summed E-state index contributed by atoms with van der Waals surface area (Å²) in [5.41, 5.74) is -0.656. The van der Waals surface area contributed by atoms with E-state index in [0.29, 0.717) is 12.8 Å². The zero-order valence-corrected chi connectivity index (χ0v) is 14.1. The molecule has 1 aromatic heterocycles. The van der Waals surface area contributed by atoms with E-state index in [0.717, 1.165) is 0 Å². The van der Waals surface area contributed by atoms with E-state index in [1.165, 1.54) is 13.1 Å². The number of hydrogen-bond donors (Lipinski definition) is 2. The van der Waals surface area contributed by atoms with E-state index in [9.17, 15) is 14.4 Å². The van der Waals surface area contributed by atoms with Crippen LogP contribution in [-0.4, -0.2) is 34.4 Å². The first-order valence-corrected chi connectivity index (χ1v) is 7.39. The molecule has 2 N–H and O–H groups in total. The van der Waals surface area contributed by atoms with Gasteiger partial charge in [-0.1, -0.05) is 13.3 Å². The van der Waals surface area contributed by atoms with Crippen molar-refractivity contribution < 1.29 is 23.5 Å². The van der Waals surface area contributed by atoms with Gasteiger partial charge in [0.05, 0.1) is 6.20 Å². The maximum Gasteiger partial charge on any atom is 0.408 e. The van der Waals surface area contributed by atoms with Crippen molar-refractivity contribution in [2.24, 2.45) is 0 Å². The molecule has 0 fully saturated rings. The largest absolute Gasteiger partial charge is 0.444 e. The van der Waals surface area contributed by atoms with Crippen LogP contribution in [0.5, 0.6) is 0 Å². The molecule has 0 saturated carbocycles. The Morgan fingerprint density at radius 3 is 2.48 bits per heavy atom. The Morgan fingerprint density at radius 2 is 2.00 bits per heavy atom. The lowest BCUT2D eigenvalue weighted by molar-refractivity contribution is -0.118. The van der Waals surface area contributed by atoms with Crippen LogP contribution in [0, 0.1) is 0 Å². The molecule has 1 aromatic rings. The number of carbonyl (C=O) groups is 3. The molecule has 1 unspecified atom stereocenters. The summed E-state index contributed by atoms with van der Waals surface area (Å²) < 4.78 is 10.2. The fourth-order valence-corrected chi connectivity index (χ4v) is 1.69. The Kier molecular flexibility index (Phi) is 6.29. The van der Waals surface area contributed by atoms with Gasteiger partial charge in [-0.25, -0.2) is 9.78 Å². The maximum absolute atomic E-state index is 12.2. The van der Waals surface area contributed by atoms with Crippen molar-refractivity contribution in [2.45, 2.75) is 59.1 Å². The standard InChI is InChI=1S/C15H23N3O5/c1-6-7-10(17-14(21)23-15(3,4)5)12(20)18-13-16-8-11(22-13)9(2)19/h8,10H,6-7H2,1-5H3,(H,17,21)(H,16,18,20). The Hall–Kier alpha value is -2.38. The van der Waals surface area contributed by atoms with Gasteiger partial charge in [0.15, 0.2) is 11.5 Å². The van der Waals surface area contributed by atoms with Gasteiger partial charge in [-0.05, 0) is 27.2 Å². The predicted molar refractivity (Wildman–Crippen MR) is 83.2 cm³/mol. The van der Waals surface area contributed by atoms with Crippen molar-refractivity contribution in [3.05, 3.63) is 12.0 Å². The van der Waals surface area contributed by atoms with Gasteiger partial charge in [-0.15, -0.1) is 0 Å². The molecule has 23 heavy (non-hydrogen) atoms. The van der Waals surface area contributed by atoms with Crippen LogP contribution in [0.15, 0.2) is 10.6 Å². The molecule has 8 heteroatoms. The van der Waals surface area contributed by atoms with Crippen molar-refractivity contribution in [3.8, 4) is 0 Å². The minimum absolute atomic E-state index is 0.0486. The molecule has 0 aliphatic heterocycles. The molecule has 0 bridgehead atoms. The number of ether oxygens (including phenoxy) is 1. The molecular weight excluding hydrogens is 302 g/mol. The average Bonchev–Trinajstić information content (AvgIpc) is 2.84. The molecule has 0 radical (unpaired) electrons. The highest BCUT2D eigenvalue weighted by Crippen LogP contribution is 2.11. The number of aromatic nitrogens is 1. The second-order valence-corrected chi connectivity index (χ2v) is 6.06. The topological polar surface area (TPSA) is 111 Å². The molecule has 0 saturated heterocycles. The van der Waals surface area contributed by atoms with E-state index < -0.39 is 23.6 Å². The molecule has 8 nitrogen and oxygen atoms in total. The van der Waals surface area contributed by atoms with Gasteiger partial charge < -0.3 is 14.5 Å². The normalized spacial score (nSPS) is 12.4. The third-order valence-electron chi connectivity index (χ3n) is 2.67. The lowest BCUT2D eigenvalue weighted by Gasteiger charge is -2.22. The summed E-state index contributed by atoms with van der Waals surface area (Å²) in [5, 5.41) is 4.95. The van der Waals surface area contributed by atoms with Crippen LogP contribution in [0.1, 0.15) is 58.0 Å². The number of anilines is 1. The number of rotatable bonds is 6. The SMILES string of the molecule is CCCC(NC(=O)OC(C)(C)C)C(=O)Nc1ncc(C(C)=O)o1.